The highest BCUT2D eigenvalue weighted by atomic mass is 16.5. The van der Waals surface area contributed by atoms with Crippen LogP contribution in [0.25, 0.3) is 0 Å². The van der Waals surface area contributed by atoms with E-state index < -0.39 is 0 Å². The molecule has 11 heavy (non-hydrogen) atoms. The zero-order valence-corrected chi connectivity index (χ0v) is 6.00. The molecule has 1 N–H and O–H groups in total. The number of allylic oxidation sites excluding steroid dienone is 1. The molecule has 0 aromatic carbocycles. The molecule has 1 aliphatic heterocycles. The first-order chi connectivity index (χ1) is 5.25. The van der Waals surface area contributed by atoms with Crippen LogP contribution in [0, 0.1) is 5.21 Å². The molecule has 0 atom stereocenters. The second-order valence-corrected chi connectivity index (χ2v) is 2.65. The molecule has 1 aromatic heterocycles. The number of rotatable bonds is 0. The summed E-state index contributed by atoms with van der Waals surface area (Å²) in [6, 6.07) is 1.81. The van der Waals surface area contributed by atoms with Gasteiger partial charge in [0, 0.05) is 18.2 Å². The second-order valence-electron chi connectivity index (χ2n) is 2.65. The number of nitrogens with zero attached hydrogens (tertiary/aromatic N) is 1. The van der Waals surface area contributed by atoms with E-state index in [1.165, 1.54) is 12.4 Å². The fourth-order valence-corrected chi connectivity index (χ4v) is 1.24. The summed E-state index contributed by atoms with van der Waals surface area (Å²) in [5.41, 5.74) is 2.97. The quantitative estimate of drug-likeness (QED) is 0.436. The summed E-state index contributed by atoms with van der Waals surface area (Å²) >= 11 is 0. The summed E-state index contributed by atoms with van der Waals surface area (Å²) in [7, 11) is 0. The molecule has 1 aliphatic rings. The molecule has 0 spiro atoms. The largest absolute Gasteiger partial charge is 0.619 e. The van der Waals surface area contributed by atoms with Crippen LogP contribution in [0.4, 0.5) is 5.69 Å². The second kappa shape index (κ2) is 1.99. The Morgan fingerprint density at radius 3 is 3.27 bits per heavy atom. The van der Waals surface area contributed by atoms with E-state index in [1.807, 2.05) is 6.07 Å². The maximum atomic E-state index is 10.8. The molecular weight excluding hydrogens is 140 g/mol. The first-order valence-corrected chi connectivity index (χ1v) is 3.42. The highest BCUT2D eigenvalue weighted by molar-refractivity contribution is 5.58. The third-order valence-corrected chi connectivity index (χ3v) is 1.74. The lowest BCUT2D eigenvalue weighted by atomic mass is 10.2. The molecule has 56 valence electrons. The Hall–Kier alpha value is -1.51. The van der Waals surface area contributed by atoms with Gasteiger partial charge in [0.1, 0.15) is 5.69 Å². The predicted molar refractivity (Wildman–Crippen MR) is 41.9 cm³/mol. The van der Waals surface area contributed by atoms with Gasteiger partial charge in [0.05, 0.1) is 0 Å². The summed E-state index contributed by atoms with van der Waals surface area (Å²) in [4.78, 5) is 0. The zero-order valence-electron chi connectivity index (χ0n) is 6.00. The highest BCUT2D eigenvalue weighted by Crippen LogP contribution is 2.24. The molecule has 0 saturated carbocycles. The minimum atomic E-state index is 0.782. The summed E-state index contributed by atoms with van der Waals surface area (Å²) in [6.45, 7) is 3.78. The fourth-order valence-electron chi connectivity index (χ4n) is 1.24. The lowest BCUT2D eigenvalue weighted by Gasteiger charge is -1.98. The van der Waals surface area contributed by atoms with Gasteiger partial charge in [-0.1, -0.05) is 6.58 Å². The minimum Gasteiger partial charge on any atom is -0.619 e. The van der Waals surface area contributed by atoms with Crippen molar-refractivity contribution in [3.05, 3.63) is 41.5 Å². The summed E-state index contributed by atoms with van der Waals surface area (Å²) in [5.74, 6) is 0. The molecule has 0 radical (unpaired) electrons. The van der Waals surface area contributed by atoms with E-state index in [9.17, 15) is 5.21 Å². The zero-order chi connectivity index (χ0) is 7.84. The maximum Gasteiger partial charge on any atom is 0.204 e. The van der Waals surface area contributed by atoms with E-state index in [2.05, 4.69) is 11.9 Å². The molecule has 0 bridgehead atoms. The number of aromatic nitrogens is 1. The summed E-state index contributed by atoms with van der Waals surface area (Å²) < 4.78 is 0.782. The van der Waals surface area contributed by atoms with Gasteiger partial charge in [0.2, 0.25) is 6.20 Å². The summed E-state index contributed by atoms with van der Waals surface area (Å²) in [5, 5.41) is 13.8. The van der Waals surface area contributed by atoms with Crippen molar-refractivity contribution in [3.63, 3.8) is 0 Å². The van der Waals surface area contributed by atoms with Gasteiger partial charge < -0.3 is 10.5 Å². The lowest BCUT2D eigenvalue weighted by molar-refractivity contribution is -0.604. The molecule has 0 saturated heterocycles. The van der Waals surface area contributed by atoms with Gasteiger partial charge in [-0.2, -0.15) is 4.73 Å². The van der Waals surface area contributed by atoms with Crippen LogP contribution < -0.4 is 10.0 Å². The number of hydrogen-bond acceptors (Lipinski definition) is 2. The molecule has 0 fully saturated rings. The third-order valence-electron chi connectivity index (χ3n) is 1.74. The van der Waals surface area contributed by atoms with Crippen LogP contribution in [0.3, 0.4) is 0 Å². The van der Waals surface area contributed by atoms with Crippen molar-refractivity contribution in [1.29, 1.82) is 0 Å². The first-order valence-electron chi connectivity index (χ1n) is 3.42. The van der Waals surface area contributed by atoms with E-state index >= 15 is 0 Å². The van der Waals surface area contributed by atoms with Crippen LogP contribution in [-0.2, 0) is 6.42 Å². The van der Waals surface area contributed by atoms with Gasteiger partial charge >= 0.3 is 0 Å². The number of anilines is 1. The highest BCUT2D eigenvalue weighted by Gasteiger charge is 2.14. The minimum absolute atomic E-state index is 0.782. The van der Waals surface area contributed by atoms with Gasteiger partial charge in [-0.25, -0.2) is 0 Å². The van der Waals surface area contributed by atoms with E-state index in [0.717, 1.165) is 28.1 Å². The molecule has 2 rings (SSSR count). The van der Waals surface area contributed by atoms with E-state index in [4.69, 9.17) is 0 Å². The Labute approximate surface area is 64.6 Å². The Kier molecular flexibility index (Phi) is 1.12. The molecule has 0 unspecified atom stereocenters. The fraction of sp³-hybridized carbons (Fsp3) is 0.125. The van der Waals surface area contributed by atoms with Crippen LogP contribution in [0.2, 0.25) is 0 Å². The lowest BCUT2D eigenvalue weighted by Crippen LogP contribution is -2.24. The van der Waals surface area contributed by atoms with Crippen molar-refractivity contribution in [2.24, 2.45) is 0 Å². The molecule has 1 aromatic rings. The van der Waals surface area contributed by atoms with E-state index in [-0.39, 0.29) is 0 Å². The predicted octanol–water partition coefficient (Wildman–Crippen LogP) is 0.802. The third kappa shape index (κ3) is 0.941. The normalized spacial score (nSPS) is 14.4. The van der Waals surface area contributed by atoms with Crippen molar-refractivity contribution < 1.29 is 4.73 Å². The Morgan fingerprint density at radius 1 is 1.64 bits per heavy atom. The van der Waals surface area contributed by atoms with E-state index in [0.29, 0.717) is 0 Å². The van der Waals surface area contributed by atoms with Crippen molar-refractivity contribution in [1.82, 2.24) is 0 Å². The summed E-state index contributed by atoms with van der Waals surface area (Å²) in [6.07, 6.45) is 3.85. The molecule has 2 heterocycles. The number of nitrogens with one attached hydrogen (secondary N) is 1. The topological polar surface area (TPSA) is 39.0 Å². The average Bonchev–Trinajstić information content (AvgIpc) is 2.27. The molecule has 0 aliphatic carbocycles. The Morgan fingerprint density at radius 2 is 2.45 bits per heavy atom. The van der Waals surface area contributed by atoms with Gasteiger partial charge in [0.25, 0.3) is 0 Å². The molecule has 3 nitrogen and oxygen atoms in total. The standard InChI is InChI=1S/C8H8N2O/c1-6-4-7-2-3-10(11)5-8(7)9-6/h2-3,5,9H,1,4H2. The van der Waals surface area contributed by atoms with Gasteiger partial charge in [0.15, 0.2) is 6.20 Å². The van der Waals surface area contributed by atoms with Crippen molar-refractivity contribution >= 4 is 5.69 Å². The van der Waals surface area contributed by atoms with Crippen LogP contribution in [0.5, 0.6) is 0 Å². The monoisotopic (exact) mass is 148 g/mol. The maximum absolute atomic E-state index is 10.8. The average molecular weight is 148 g/mol. The number of pyridine rings is 1. The van der Waals surface area contributed by atoms with Gasteiger partial charge in [-0.15, -0.1) is 0 Å². The van der Waals surface area contributed by atoms with Gasteiger partial charge in [-0.05, 0) is 5.56 Å². The van der Waals surface area contributed by atoms with Crippen LogP contribution in [0.15, 0.2) is 30.7 Å². The first kappa shape index (κ1) is 6.22. The van der Waals surface area contributed by atoms with Crippen LogP contribution in [0.1, 0.15) is 5.56 Å². The number of fused-ring (bicyclic) bond motifs is 1. The SMILES string of the molecule is C=C1Cc2cc[n+]([O-])cc2N1. The van der Waals surface area contributed by atoms with Crippen LogP contribution in [-0.4, -0.2) is 0 Å². The van der Waals surface area contributed by atoms with Gasteiger partial charge in [-0.3, -0.25) is 0 Å². The van der Waals surface area contributed by atoms with E-state index in [1.54, 1.807) is 0 Å². The van der Waals surface area contributed by atoms with Crippen molar-refractivity contribution in [3.8, 4) is 0 Å². The number of hydrogen-bond donors (Lipinski definition) is 1. The smallest absolute Gasteiger partial charge is 0.204 e. The Bertz CT molecular complexity index is 320. The van der Waals surface area contributed by atoms with Crippen molar-refractivity contribution in [2.45, 2.75) is 6.42 Å². The van der Waals surface area contributed by atoms with Crippen molar-refractivity contribution in [2.75, 3.05) is 5.32 Å². The van der Waals surface area contributed by atoms with Crippen LogP contribution >= 0.6 is 0 Å². The molecular formula is C8H8N2O. The molecule has 0 amide bonds. The molecule has 3 heteroatoms. The Balaban J connectivity index is 2.51.